The fourth-order valence-electron chi connectivity index (χ4n) is 2.93. The summed E-state index contributed by atoms with van der Waals surface area (Å²) in [6.07, 6.45) is 0. The first kappa shape index (κ1) is 20.3. The molecule has 0 aliphatic rings. The van der Waals surface area contributed by atoms with Crippen LogP contribution in [0.4, 0.5) is 5.69 Å². The molecule has 0 amide bonds. The molecule has 3 aromatic rings. The van der Waals surface area contributed by atoms with Crippen LogP contribution in [-0.4, -0.2) is 5.11 Å². The Bertz CT molecular complexity index is 752. The number of nitrogens with zero attached hydrogens (tertiary/aromatic N) is 1. The summed E-state index contributed by atoms with van der Waals surface area (Å²) in [4.78, 5) is 2.34. The zero-order valence-electron chi connectivity index (χ0n) is 14.5. The molecule has 3 rings (SSSR count). The Morgan fingerprint density at radius 1 is 0.731 bits per heavy atom. The second kappa shape index (κ2) is 10.2. The van der Waals surface area contributed by atoms with Gasteiger partial charge in [-0.1, -0.05) is 66.7 Å². The van der Waals surface area contributed by atoms with E-state index in [1.807, 2.05) is 18.2 Å². The molecule has 0 unspecified atom stereocenters. The molecule has 0 fully saturated rings. The maximum atomic E-state index is 9.48. The van der Waals surface area contributed by atoms with Crippen molar-refractivity contribution >= 4 is 29.7 Å². The standard InChI is InChI=1S/C22H22ClNO.ClH/c23-14-21-13-22(12-11-20(21)17-25)24(15-18-7-3-1-4-8-18)16-19-9-5-2-6-10-19;/h1-13,25H,14-17H2;1H. The molecule has 0 radical (unpaired) electrons. The number of hydrogen-bond acceptors (Lipinski definition) is 2. The summed E-state index contributed by atoms with van der Waals surface area (Å²) in [6, 6.07) is 27.0. The van der Waals surface area contributed by atoms with Crippen LogP contribution >= 0.6 is 24.0 Å². The minimum atomic E-state index is 0. The van der Waals surface area contributed by atoms with Crippen LogP contribution in [0.3, 0.4) is 0 Å². The third-order valence-corrected chi connectivity index (χ3v) is 4.59. The quantitative estimate of drug-likeness (QED) is 0.537. The van der Waals surface area contributed by atoms with E-state index in [1.165, 1.54) is 11.1 Å². The molecule has 0 aliphatic heterocycles. The SMILES string of the molecule is Cl.OCc1ccc(N(Cc2ccccc2)Cc2ccccc2)cc1CCl. The normalized spacial score (nSPS) is 10.2. The van der Waals surface area contributed by atoms with Crippen molar-refractivity contribution in [3.8, 4) is 0 Å². The van der Waals surface area contributed by atoms with Crippen LogP contribution in [0, 0.1) is 0 Å². The largest absolute Gasteiger partial charge is 0.392 e. The summed E-state index contributed by atoms with van der Waals surface area (Å²) in [5, 5.41) is 9.48. The van der Waals surface area contributed by atoms with Crippen molar-refractivity contribution in [1.29, 1.82) is 0 Å². The molecule has 2 nitrogen and oxygen atoms in total. The minimum absolute atomic E-state index is 0. The fourth-order valence-corrected chi connectivity index (χ4v) is 3.18. The molecule has 26 heavy (non-hydrogen) atoms. The molecular formula is C22H23Cl2NO. The van der Waals surface area contributed by atoms with Crippen molar-refractivity contribution in [2.75, 3.05) is 4.90 Å². The summed E-state index contributed by atoms with van der Waals surface area (Å²) < 4.78 is 0. The van der Waals surface area contributed by atoms with Gasteiger partial charge in [0.25, 0.3) is 0 Å². The summed E-state index contributed by atoms with van der Waals surface area (Å²) in [7, 11) is 0. The maximum absolute atomic E-state index is 9.48. The lowest BCUT2D eigenvalue weighted by molar-refractivity contribution is 0.281. The molecular weight excluding hydrogens is 365 g/mol. The summed E-state index contributed by atoms with van der Waals surface area (Å²) in [5.41, 5.74) is 5.50. The van der Waals surface area contributed by atoms with E-state index in [1.54, 1.807) is 0 Å². The number of rotatable bonds is 7. The Kier molecular flexibility index (Phi) is 7.99. The number of alkyl halides is 1. The molecule has 0 bridgehead atoms. The maximum Gasteiger partial charge on any atom is 0.0684 e. The second-order valence-electron chi connectivity index (χ2n) is 6.07. The van der Waals surface area contributed by atoms with E-state index in [-0.39, 0.29) is 19.0 Å². The van der Waals surface area contributed by atoms with Gasteiger partial charge in [0, 0.05) is 24.7 Å². The van der Waals surface area contributed by atoms with Gasteiger partial charge in [0.2, 0.25) is 0 Å². The Morgan fingerprint density at radius 3 is 1.73 bits per heavy atom. The Morgan fingerprint density at radius 2 is 1.27 bits per heavy atom. The fraction of sp³-hybridized carbons (Fsp3) is 0.182. The van der Waals surface area contributed by atoms with Gasteiger partial charge < -0.3 is 10.0 Å². The molecule has 0 spiro atoms. The van der Waals surface area contributed by atoms with Gasteiger partial charge in [0.15, 0.2) is 0 Å². The molecule has 0 saturated carbocycles. The number of aliphatic hydroxyl groups excluding tert-OH is 1. The average Bonchev–Trinajstić information content (AvgIpc) is 2.68. The highest BCUT2D eigenvalue weighted by molar-refractivity contribution is 6.17. The number of anilines is 1. The van der Waals surface area contributed by atoms with Crippen LogP contribution in [0.1, 0.15) is 22.3 Å². The minimum Gasteiger partial charge on any atom is -0.392 e. The van der Waals surface area contributed by atoms with Crippen molar-refractivity contribution in [1.82, 2.24) is 0 Å². The number of benzene rings is 3. The predicted octanol–water partition coefficient (Wildman–Crippen LogP) is 5.55. The molecule has 0 heterocycles. The predicted molar refractivity (Wildman–Crippen MR) is 112 cm³/mol. The third-order valence-electron chi connectivity index (χ3n) is 4.30. The number of aliphatic hydroxyl groups is 1. The number of hydrogen-bond donors (Lipinski definition) is 1. The lowest BCUT2D eigenvalue weighted by atomic mass is 10.1. The summed E-state index contributed by atoms with van der Waals surface area (Å²) >= 11 is 6.08. The first-order valence-corrected chi connectivity index (χ1v) is 8.95. The van der Waals surface area contributed by atoms with Crippen molar-refractivity contribution in [2.24, 2.45) is 0 Å². The highest BCUT2D eigenvalue weighted by Crippen LogP contribution is 2.25. The first-order valence-electron chi connectivity index (χ1n) is 8.41. The van der Waals surface area contributed by atoms with Gasteiger partial charge in [-0.25, -0.2) is 0 Å². The van der Waals surface area contributed by atoms with E-state index in [9.17, 15) is 5.11 Å². The van der Waals surface area contributed by atoms with Crippen LogP contribution in [0.25, 0.3) is 0 Å². The topological polar surface area (TPSA) is 23.5 Å². The highest BCUT2D eigenvalue weighted by Gasteiger charge is 2.11. The molecule has 0 aliphatic carbocycles. The van der Waals surface area contributed by atoms with Crippen LogP contribution < -0.4 is 4.90 Å². The molecule has 1 N–H and O–H groups in total. The van der Waals surface area contributed by atoms with Crippen LogP contribution in [0.15, 0.2) is 78.9 Å². The molecule has 0 atom stereocenters. The van der Waals surface area contributed by atoms with E-state index in [2.05, 4.69) is 65.6 Å². The van der Waals surface area contributed by atoms with E-state index in [4.69, 9.17) is 11.6 Å². The van der Waals surface area contributed by atoms with Gasteiger partial charge in [0.1, 0.15) is 0 Å². The highest BCUT2D eigenvalue weighted by atomic mass is 35.5. The summed E-state index contributed by atoms with van der Waals surface area (Å²) in [6.45, 7) is 1.64. The van der Waals surface area contributed by atoms with Crippen LogP contribution in [0.5, 0.6) is 0 Å². The lowest BCUT2D eigenvalue weighted by Gasteiger charge is -2.26. The Labute approximate surface area is 166 Å². The molecule has 4 heteroatoms. The van der Waals surface area contributed by atoms with Crippen LogP contribution in [0.2, 0.25) is 0 Å². The smallest absolute Gasteiger partial charge is 0.0684 e. The third kappa shape index (κ3) is 5.25. The van der Waals surface area contributed by atoms with Crippen LogP contribution in [-0.2, 0) is 25.6 Å². The number of halogens is 2. The summed E-state index contributed by atoms with van der Waals surface area (Å²) in [5.74, 6) is 0.397. The first-order chi connectivity index (χ1) is 12.3. The van der Waals surface area contributed by atoms with E-state index >= 15 is 0 Å². The monoisotopic (exact) mass is 387 g/mol. The van der Waals surface area contributed by atoms with Gasteiger partial charge in [-0.2, -0.15) is 0 Å². The van der Waals surface area contributed by atoms with E-state index < -0.39 is 0 Å². The zero-order chi connectivity index (χ0) is 17.5. The van der Waals surface area contributed by atoms with Crippen molar-refractivity contribution < 1.29 is 5.11 Å². The Hall–Kier alpha value is -2.00. The van der Waals surface area contributed by atoms with Gasteiger partial charge in [-0.15, -0.1) is 24.0 Å². The molecule has 136 valence electrons. The van der Waals surface area contributed by atoms with Gasteiger partial charge in [0.05, 0.1) is 6.61 Å². The zero-order valence-corrected chi connectivity index (χ0v) is 16.1. The van der Waals surface area contributed by atoms with E-state index in [0.29, 0.717) is 5.88 Å². The van der Waals surface area contributed by atoms with Gasteiger partial charge >= 0.3 is 0 Å². The Balaban J connectivity index is 0.00000243. The average molecular weight is 388 g/mol. The molecule has 0 saturated heterocycles. The van der Waals surface area contributed by atoms with Gasteiger partial charge in [-0.05, 0) is 34.4 Å². The van der Waals surface area contributed by atoms with Crippen molar-refractivity contribution in [3.63, 3.8) is 0 Å². The second-order valence-corrected chi connectivity index (χ2v) is 6.34. The van der Waals surface area contributed by atoms with E-state index in [0.717, 1.165) is 29.9 Å². The van der Waals surface area contributed by atoms with Gasteiger partial charge in [-0.3, -0.25) is 0 Å². The lowest BCUT2D eigenvalue weighted by Crippen LogP contribution is -2.22. The van der Waals surface area contributed by atoms with Crippen molar-refractivity contribution in [2.45, 2.75) is 25.6 Å². The van der Waals surface area contributed by atoms with Crippen molar-refractivity contribution in [3.05, 3.63) is 101 Å². The molecule has 3 aromatic carbocycles. The molecule has 0 aromatic heterocycles.